The zero-order valence-corrected chi connectivity index (χ0v) is 18.1. The van der Waals surface area contributed by atoms with Gasteiger partial charge in [0.15, 0.2) is 0 Å². The molecule has 8 heteroatoms. The number of carbonyl (C=O) groups excluding carboxylic acids is 1. The van der Waals surface area contributed by atoms with Gasteiger partial charge in [0.2, 0.25) is 5.91 Å². The van der Waals surface area contributed by atoms with E-state index >= 15 is 0 Å². The molecule has 0 radical (unpaired) electrons. The summed E-state index contributed by atoms with van der Waals surface area (Å²) in [4.78, 5) is 16.3. The summed E-state index contributed by atoms with van der Waals surface area (Å²) < 4.78 is 5.89. The van der Waals surface area contributed by atoms with Crippen molar-refractivity contribution in [1.29, 1.82) is 0 Å². The number of nitrogens with zero attached hydrogens (tertiary/aromatic N) is 2. The Labute approximate surface area is 186 Å². The van der Waals surface area contributed by atoms with E-state index in [0.717, 1.165) is 31.7 Å². The van der Waals surface area contributed by atoms with Crippen molar-refractivity contribution in [3.05, 3.63) is 52.0 Å². The molecule has 2 aliphatic rings. The van der Waals surface area contributed by atoms with E-state index in [1.807, 2.05) is 6.07 Å². The van der Waals surface area contributed by atoms with Gasteiger partial charge in [-0.3, -0.25) is 9.69 Å². The summed E-state index contributed by atoms with van der Waals surface area (Å²) in [6, 6.07) is 11.9. The monoisotopic (exact) mass is 449 g/mol. The van der Waals surface area contributed by atoms with Crippen molar-refractivity contribution >= 4 is 40.5 Å². The van der Waals surface area contributed by atoms with Crippen LogP contribution in [0, 0.1) is 0 Å². The van der Waals surface area contributed by atoms with Crippen molar-refractivity contribution in [1.82, 2.24) is 4.90 Å². The molecular weight excluding hydrogens is 425 g/mol. The van der Waals surface area contributed by atoms with Gasteiger partial charge in [0, 0.05) is 50.4 Å². The molecule has 1 fully saturated rings. The number of rotatable bonds is 6. The lowest BCUT2D eigenvalue weighted by molar-refractivity contribution is -0.116. The van der Waals surface area contributed by atoms with E-state index < -0.39 is 6.10 Å². The Kier molecular flexibility index (Phi) is 6.68. The number of fused-ring (bicyclic) bond motifs is 1. The third-order valence-electron chi connectivity index (χ3n) is 5.53. The van der Waals surface area contributed by atoms with Crippen LogP contribution in [-0.4, -0.2) is 61.3 Å². The maximum Gasteiger partial charge on any atom is 0.224 e. The first kappa shape index (κ1) is 21.2. The van der Waals surface area contributed by atoms with Crippen molar-refractivity contribution in [2.45, 2.75) is 18.9 Å². The van der Waals surface area contributed by atoms with Crippen molar-refractivity contribution in [3.8, 4) is 5.75 Å². The fraction of sp³-hybridized carbons (Fsp3) is 0.409. The van der Waals surface area contributed by atoms with Crippen LogP contribution in [-0.2, 0) is 11.2 Å². The van der Waals surface area contributed by atoms with Crippen LogP contribution in [0.1, 0.15) is 12.0 Å². The van der Waals surface area contributed by atoms with Gasteiger partial charge < -0.3 is 20.1 Å². The molecule has 1 saturated heterocycles. The number of aliphatic hydroxyl groups is 1. The number of ether oxygens (including phenoxy) is 1. The average molecular weight is 450 g/mol. The molecule has 0 saturated carbocycles. The number of carbonyl (C=O) groups is 1. The number of hydrogen-bond acceptors (Lipinski definition) is 5. The first-order valence-electron chi connectivity index (χ1n) is 10.1. The van der Waals surface area contributed by atoms with Crippen LogP contribution in [0.3, 0.4) is 0 Å². The van der Waals surface area contributed by atoms with E-state index in [0.29, 0.717) is 40.9 Å². The second-order valence-electron chi connectivity index (χ2n) is 7.66. The minimum atomic E-state index is -0.645. The molecule has 6 nitrogen and oxygen atoms in total. The molecule has 1 amide bonds. The highest BCUT2D eigenvalue weighted by atomic mass is 35.5. The van der Waals surface area contributed by atoms with E-state index in [2.05, 4.69) is 39.4 Å². The minimum Gasteiger partial charge on any atom is -0.489 e. The zero-order valence-electron chi connectivity index (χ0n) is 16.6. The highest BCUT2D eigenvalue weighted by Gasteiger charge is 2.25. The van der Waals surface area contributed by atoms with Crippen LogP contribution in [0.25, 0.3) is 0 Å². The molecule has 30 heavy (non-hydrogen) atoms. The van der Waals surface area contributed by atoms with Crippen LogP contribution in [0.15, 0.2) is 36.4 Å². The Morgan fingerprint density at radius 3 is 2.53 bits per heavy atom. The summed E-state index contributed by atoms with van der Waals surface area (Å²) in [5, 5.41) is 14.1. The van der Waals surface area contributed by atoms with E-state index in [-0.39, 0.29) is 12.5 Å². The summed E-state index contributed by atoms with van der Waals surface area (Å²) in [7, 11) is 0. The highest BCUT2D eigenvalue weighted by Crippen LogP contribution is 2.42. The number of piperazine rings is 1. The fourth-order valence-corrected chi connectivity index (χ4v) is 4.58. The predicted molar refractivity (Wildman–Crippen MR) is 120 cm³/mol. The Morgan fingerprint density at radius 2 is 1.80 bits per heavy atom. The molecular formula is C22H25Cl2N3O3. The van der Waals surface area contributed by atoms with Crippen LogP contribution >= 0.6 is 23.2 Å². The molecule has 2 N–H and O–H groups in total. The number of benzene rings is 2. The summed E-state index contributed by atoms with van der Waals surface area (Å²) in [6.45, 7) is 4.28. The van der Waals surface area contributed by atoms with E-state index in [9.17, 15) is 9.90 Å². The SMILES string of the molecule is O=C1CCc2c(c(Cl)cc(Cl)c2OCC(O)CN2CCN(c3ccccc3)CC2)N1. The molecule has 1 atom stereocenters. The third kappa shape index (κ3) is 4.83. The normalized spacial score (nSPS) is 18.0. The second-order valence-corrected chi connectivity index (χ2v) is 8.47. The van der Waals surface area contributed by atoms with Crippen LogP contribution in [0.2, 0.25) is 10.0 Å². The van der Waals surface area contributed by atoms with Gasteiger partial charge in [-0.2, -0.15) is 0 Å². The zero-order chi connectivity index (χ0) is 21.1. The molecule has 160 valence electrons. The van der Waals surface area contributed by atoms with Crippen molar-refractivity contribution in [2.24, 2.45) is 0 Å². The van der Waals surface area contributed by atoms with Gasteiger partial charge in [0.1, 0.15) is 18.5 Å². The van der Waals surface area contributed by atoms with Crippen LogP contribution < -0.4 is 15.0 Å². The number of amides is 1. The maximum atomic E-state index is 11.7. The van der Waals surface area contributed by atoms with Crippen molar-refractivity contribution in [2.75, 3.05) is 49.5 Å². The molecule has 0 aliphatic carbocycles. The van der Waals surface area contributed by atoms with Gasteiger partial charge >= 0.3 is 0 Å². The van der Waals surface area contributed by atoms with Crippen LogP contribution in [0.5, 0.6) is 5.75 Å². The Bertz CT molecular complexity index is 902. The molecule has 1 unspecified atom stereocenters. The predicted octanol–water partition coefficient (Wildman–Crippen LogP) is 3.44. The summed E-state index contributed by atoms with van der Waals surface area (Å²) in [5.41, 5.74) is 2.57. The number of anilines is 2. The molecule has 0 spiro atoms. The smallest absolute Gasteiger partial charge is 0.224 e. The minimum absolute atomic E-state index is 0.0765. The Balaban J connectivity index is 1.31. The molecule has 0 aromatic heterocycles. The lowest BCUT2D eigenvalue weighted by Gasteiger charge is -2.36. The standard InChI is InChI=1S/C22H25Cl2N3O3/c23-18-12-19(24)22(17-6-7-20(29)25-21(17)18)30-14-16(28)13-26-8-10-27(11-9-26)15-4-2-1-3-5-15/h1-5,12,16,28H,6-11,13-14H2,(H,25,29). The number of hydrogen-bond donors (Lipinski definition) is 2. The topological polar surface area (TPSA) is 65.0 Å². The molecule has 2 aromatic rings. The largest absolute Gasteiger partial charge is 0.489 e. The Hall–Kier alpha value is -1.99. The highest BCUT2D eigenvalue weighted by molar-refractivity contribution is 6.38. The molecule has 2 aliphatic heterocycles. The number of β-amino-alcohol motifs (C(OH)–C–C–N with tert-alkyl or cyclic N) is 1. The lowest BCUT2D eigenvalue weighted by Crippen LogP contribution is -2.49. The number of para-hydroxylation sites is 1. The lowest BCUT2D eigenvalue weighted by atomic mass is 10.0. The average Bonchev–Trinajstić information content (AvgIpc) is 2.75. The van der Waals surface area contributed by atoms with Gasteiger partial charge in [0.25, 0.3) is 0 Å². The summed E-state index contributed by atoms with van der Waals surface area (Å²) >= 11 is 12.6. The van der Waals surface area contributed by atoms with Crippen molar-refractivity contribution in [3.63, 3.8) is 0 Å². The first-order valence-corrected chi connectivity index (χ1v) is 10.9. The molecule has 0 bridgehead atoms. The van der Waals surface area contributed by atoms with Gasteiger partial charge in [-0.05, 0) is 24.6 Å². The molecule has 2 heterocycles. The number of nitrogens with one attached hydrogen (secondary N) is 1. The molecule has 2 aromatic carbocycles. The van der Waals surface area contributed by atoms with Gasteiger partial charge in [0.05, 0.1) is 15.7 Å². The van der Waals surface area contributed by atoms with E-state index in [4.69, 9.17) is 27.9 Å². The fourth-order valence-electron chi connectivity index (χ4n) is 3.98. The van der Waals surface area contributed by atoms with E-state index in [1.165, 1.54) is 5.69 Å². The quantitative estimate of drug-likeness (QED) is 0.706. The summed E-state index contributed by atoms with van der Waals surface area (Å²) in [6.07, 6.45) is 0.219. The first-order chi connectivity index (χ1) is 14.5. The van der Waals surface area contributed by atoms with E-state index in [1.54, 1.807) is 6.07 Å². The Morgan fingerprint density at radius 1 is 1.07 bits per heavy atom. The maximum absolute atomic E-state index is 11.7. The van der Waals surface area contributed by atoms with Gasteiger partial charge in [-0.1, -0.05) is 41.4 Å². The number of halogens is 2. The second kappa shape index (κ2) is 9.43. The van der Waals surface area contributed by atoms with Gasteiger partial charge in [-0.25, -0.2) is 0 Å². The third-order valence-corrected chi connectivity index (χ3v) is 6.11. The van der Waals surface area contributed by atoms with Gasteiger partial charge in [-0.15, -0.1) is 0 Å². The summed E-state index contributed by atoms with van der Waals surface area (Å²) in [5.74, 6) is 0.413. The van der Waals surface area contributed by atoms with Crippen molar-refractivity contribution < 1.29 is 14.6 Å². The number of aliphatic hydroxyl groups excluding tert-OH is 1. The molecule has 4 rings (SSSR count). The van der Waals surface area contributed by atoms with Crippen LogP contribution in [0.4, 0.5) is 11.4 Å².